The van der Waals surface area contributed by atoms with E-state index in [2.05, 4.69) is 5.32 Å². The molecule has 1 atom stereocenters. The first kappa shape index (κ1) is 23.4. The molecular formula is C24H25NO6S. The van der Waals surface area contributed by atoms with E-state index in [4.69, 9.17) is 9.15 Å². The summed E-state index contributed by atoms with van der Waals surface area (Å²) in [7, 11) is 0. The fraction of sp³-hybridized carbons (Fsp3) is 0.292. The second-order valence-corrected chi connectivity index (χ2v) is 8.29. The smallest absolute Gasteiger partial charge is 0.336 e. The molecule has 2 N–H and O–H groups in total. The van der Waals surface area contributed by atoms with Crippen molar-refractivity contribution in [2.75, 3.05) is 12.4 Å². The minimum absolute atomic E-state index is 0.232. The zero-order valence-corrected chi connectivity index (χ0v) is 18.7. The van der Waals surface area contributed by atoms with Crippen LogP contribution in [0.3, 0.4) is 0 Å². The van der Waals surface area contributed by atoms with E-state index in [-0.39, 0.29) is 12.4 Å². The average Bonchev–Trinajstić information content (AvgIpc) is 2.78. The van der Waals surface area contributed by atoms with Crippen LogP contribution in [0, 0.1) is 6.92 Å². The number of nitrogens with one attached hydrogen (secondary N) is 1. The Morgan fingerprint density at radius 3 is 2.62 bits per heavy atom. The summed E-state index contributed by atoms with van der Waals surface area (Å²) in [5.74, 6) is -0.362. The van der Waals surface area contributed by atoms with E-state index in [1.165, 1.54) is 17.8 Å². The van der Waals surface area contributed by atoms with Gasteiger partial charge in [-0.3, -0.25) is 4.79 Å². The molecule has 1 heterocycles. The summed E-state index contributed by atoms with van der Waals surface area (Å²) in [5.41, 5.74) is 2.55. The summed E-state index contributed by atoms with van der Waals surface area (Å²) < 4.78 is 10.9. The van der Waals surface area contributed by atoms with Gasteiger partial charge in [0, 0.05) is 28.5 Å². The van der Waals surface area contributed by atoms with Crippen molar-refractivity contribution in [2.45, 2.75) is 32.1 Å². The van der Waals surface area contributed by atoms with Crippen LogP contribution >= 0.6 is 11.8 Å². The lowest BCUT2D eigenvalue weighted by molar-refractivity contribution is -0.141. The third-order valence-corrected chi connectivity index (χ3v) is 6.07. The van der Waals surface area contributed by atoms with Crippen molar-refractivity contribution in [3.63, 3.8) is 0 Å². The number of thioether (sulfide) groups is 1. The molecule has 0 bridgehead atoms. The first-order valence-electron chi connectivity index (χ1n) is 10.2. The molecule has 0 fully saturated rings. The normalized spacial score (nSPS) is 11.8. The van der Waals surface area contributed by atoms with Gasteiger partial charge < -0.3 is 19.6 Å². The second-order valence-electron chi connectivity index (χ2n) is 7.26. The molecule has 8 heteroatoms. The number of benzene rings is 2. The van der Waals surface area contributed by atoms with Crippen LogP contribution in [0.4, 0.5) is 0 Å². The summed E-state index contributed by atoms with van der Waals surface area (Å²) in [5, 5.41) is 12.8. The third-order valence-electron chi connectivity index (χ3n) is 4.97. The van der Waals surface area contributed by atoms with Gasteiger partial charge in [-0.15, -0.1) is 0 Å². The number of carbonyl (C=O) groups excluding carboxylic acids is 1. The molecule has 0 aliphatic heterocycles. The monoisotopic (exact) mass is 455 g/mol. The molecule has 3 aromatic rings. The van der Waals surface area contributed by atoms with Gasteiger partial charge in [0.25, 0.3) is 5.91 Å². The summed E-state index contributed by atoms with van der Waals surface area (Å²) >= 11 is 1.43. The Morgan fingerprint density at radius 1 is 1.19 bits per heavy atom. The zero-order chi connectivity index (χ0) is 23.1. The van der Waals surface area contributed by atoms with Gasteiger partial charge in [0.2, 0.25) is 0 Å². The van der Waals surface area contributed by atoms with Gasteiger partial charge in [0.1, 0.15) is 17.4 Å². The van der Waals surface area contributed by atoms with E-state index in [1.807, 2.05) is 37.3 Å². The van der Waals surface area contributed by atoms with E-state index in [0.29, 0.717) is 29.1 Å². The van der Waals surface area contributed by atoms with Gasteiger partial charge >= 0.3 is 11.6 Å². The molecule has 1 unspecified atom stereocenters. The Labute approximate surface area is 189 Å². The lowest BCUT2D eigenvalue weighted by Gasteiger charge is -2.16. The maximum absolute atomic E-state index is 12.3. The van der Waals surface area contributed by atoms with Crippen LogP contribution in [0.2, 0.25) is 0 Å². The van der Waals surface area contributed by atoms with E-state index in [0.717, 1.165) is 16.5 Å². The van der Waals surface area contributed by atoms with Crippen LogP contribution in [-0.4, -0.2) is 35.4 Å². The minimum Gasteiger partial charge on any atom is -0.483 e. The Hall–Kier alpha value is -3.26. The van der Waals surface area contributed by atoms with Gasteiger partial charge in [-0.05, 0) is 36.6 Å². The largest absolute Gasteiger partial charge is 0.483 e. The van der Waals surface area contributed by atoms with Crippen molar-refractivity contribution in [2.24, 2.45) is 0 Å². The number of hydrogen-bond acceptors (Lipinski definition) is 6. The third kappa shape index (κ3) is 5.91. The maximum atomic E-state index is 12.3. The molecule has 0 saturated heterocycles. The predicted molar refractivity (Wildman–Crippen MR) is 124 cm³/mol. The molecule has 168 valence electrons. The van der Waals surface area contributed by atoms with Crippen molar-refractivity contribution in [3.05, 3.63) is 75.6 Å². The van der Waals surface area contributed by atoms with Gasteiger partial charge in [-0.2, -0.15) is 11.8 Å². The van der Waals surface area contributed by atoms with Crippen molar-refractivity contribution in [1.29, 1.82) is 0 Å². The highest BCUT2D eigenvalue weighted by Crippen LogP contribution is 2.28. The highest BCUT2D eigenvalue weighted by Gasteiger charge is 2.20. The number of hydrogen-bond donors (Lipinski definition) is 2. The SMILES string of the molecule is CCc1cc(=O)oc2c(C)c(OCC(=O)NC(CSCc3ccccc3)C(=O)O)ccc12. The van der Waals surface area contributed by atoms with E-state index in [9.17, 15) is 19.5 Å². The number of carbonyl (C=O) groups is 2. The Bertz CT molecular complexity index is 1160. The van der Waals surface area contributed by atoms with Crippen LogP contribution in [-0.2, 0) is 21.8 Å². The van der Waals surface area contributed by atoms with E-state index < -0.39 is 23.5 Å². The number of carboxylic acids is 1. The minimum atomic E-state index is -1.10. The highest BCUT2D eigenvalue weighted by atomic mass is 32.2. The maximum Gasteiger partial charge on any atom is 0.336 e. The molecule has 7 nitrogen and oxygen atoms in total. The summed E-state index contributed by atoms with van der Waals surface area (Å²) in [6.45, 7) is 3.35. The molecule has 0 radical (unpaired) electrons. The zero-order valence-electron chi connectivity index (χ0n) is 17.9. The first-order valence-corrected chi connectivity index (χ1v) is 11.4. The van der Waals surface area contributed by atoms with Crippen molar-refractivity contribution in [3.8, 4) is 5.75 Å². The number of aliphatic carboxylic acids is 1. The van der Waals surface area contributed by atoms with Crippen LogP contribution in [0.1, 0.15) is 23.6 Å². The predicted octanol–water partition coefficient (Wildman–Crippen LogP) is 3.55. The molecule has 1 aromatic heterocycles. The number of amides is 1. The number of ether oxygens (including phenoxy) is 1. The Kier molecular flexibility index (Phi) is 7.94. The van der Waals surface area contributed by atoms with Crippen molar-refractivity contribution < 1.29 is 23.8 Å². The first-order chi connectivity index (χ1) is 15.4. The summed E-state index contributed by atoms with van der Waals surface area (Å²) in [4.78, 5) is 35.7. The summed E-state index contributed by atoms with van der Waals surface area (Å²) in [6, 6.07) is 13.6. The Morgan fingerprint density at radius 2 is 1.94 bits per heavy atom. The van der Waals surface area contributed by atoms with Crippen LogP contribution in [0.15, 0.2) is 57.7 Å². The lowest BCUT2D eigenvalue weighted by atomic mass is 10.0. The number of carboxylic acid groups (broad SMARTS) is 1. The fourth-order valence-corrected chi connectivity index (χ4v) is 4.29. The molecule has 0 spiro atoms. The molecule has 32 heavy (non-hydrogen) atoms. The lowest BCUT2D eigenvalue weighted by Crippen LogP contribution is -2.44. The molecule has 3 rings (SSSR count). The molecule has 2 aromatic carbocycles. The molecule has 0 saturated carbocycles. The topological polar surface area (TPSA) is 106 Å². The van der Waals surface area contributed by atoms with Gasteiger partial charge in [-0.25, -0.2) is 9.59 Å². The van der Waals surface area contributed by atoms with Gasteiger partial charge in [-0.1, -0.05) is 37.3 Å². The standard InChI is InChI=1S/C24H25NO6S/c1-3-17-11-22(27)31-23-15(2)20(10-9-18(17)23)30-12-21(26)25-19(24(28)29)14-32-13-16-7-5-4-6-8-16/h4-11,19H,3,12-14H2,1-2H3,(H,25,26)(H,28,29). The fourth-order valence-electron chi connectivity index (χ4n) is 3.28. The highest BCUT2D eigenvalue weighted by molar-refractivity contribution is 7.98. The van der Waals surface area contributed by atoms with Gasteiger partial charge in [0.15, 0.2) is 6.61 Å². The number of rotatable bonds is 10. The van der Waals surface area contributed by atoms with Crippen molar-refractivity contribution >= 4 is 34.6 Å². The molecule has 0 aliphatic rings. The molecule has 1 amide bonds. The average molecular weight is 456 g/mol. The van der Waals surface area contributed by atoms with E-state index in [1.54, 1.807) is 19.1 Å². The van der Waals surface area contributed by atoms with E-state index >= 15 is 0 Å². The molecular weight excluding hydrogens is 430 g/mol. The Balaban J connectivity index is 1.60. The van der Waals surface area contributed by atoms with Crippen LogP contribution in [0.25, 0.3) is 11.0 Å². The summed E-state index contributed by atoms with van der Waals surface area (Å²) in [6.07, 6.45) is 0.684. The second kappa shape index (κ2) is 10.9. The van der Waals surface area contributed by atoms with Crippen LogP contribution in [0.5, 0.6) is 5.75 Å². The number of aryl methyl sites for hydroxylation is 2. The van der Waals surface area contributed by atoms with Crippen molar-refractivity contribution in [1.82, 2.24) is 5.32 Å². The molecule has 0 aliphatic carbocycles. The van der Waals surface area contributed by atoms with Gasteiger partial charge in [0.05, 0.1) is 0 Å². The van der Waals surface area contributed by atoms with Crippen LogP contribution < -0.4 is 15.7 Å². The number of fused-ring (bicyclic) bond motifs is 1. The quantitative estimate of drug-likeness (QED) is 0.450.